The standard InChI is InChI=1S/C16H22N2O3/c1-3-13(11-7-5-4-6-8-11)17-15(21)18-16(2,14(19)20)12-9-10-12/h4-8,12-13H,3,9-10H2,1-2H3,(H,19,20)(H2,17,18,21). The van der Waals surface area contributed by atoms with E-state index in [1.807, 2.05) is 37.3 Å². The van der Waals surface area contributed by atoms with E-state index < -0.39 is 17.5 Å². The molecule has 0 aromatic heterocycles. The van der Waals surface area contributed by atoms with Crippen molar-refractivity contribution < 1.29 is 14.7 Å². The summed E-state index contributed by atoms with van der Waals surface area (Å²) >= 11 is 0. The number of carboxylic acid groups (broad SMARTS) is 1. The molecule has 1 aliphatic rings. The van der Waals surface area contributed by atoms with Crippen molar-refractivity contribution in [3.63, 3.8) is 0 Å². The van der Waals surface area contributed by atoms with E-state index in [4.69, 9.17) is 0 Å². The van der Waals surface area contributed by atoms with Gasteiger partial charge in [-0.1, -0.05) is 37.3 Å². The number of carbonyl (C=O) groups is 2. The Morgan fingerprint density at radius 3 is 2.43 bits per heavy atom. The monoisotopic (exact) mass is 290 g/mol. The topological polar surface area (TPSA) is 78.4 Å². The Hall–Kier alpha value is -2.04. The van der Waals surface area contributed by atoms with E-state index in [1.165, 1.54) is 0 Å². The summed E-state index contributed by atoms with van der Waals surface area (Å²) in [6.07, 6.45) is 2.43. The van der Waals surface area contributed by atoms with Crippen molar-refractivity contribution >= 4 is 12.0 Å². The van der Waals surface area contributed by atoms with Gasteiger partial charge in [0.25, 0.3) is 0 Å². The number of amides is 2. The molecule has 114 valence electrons. The van der Waals surface area contributed by atoms with E-state index in [-0.39, 0.29) is 12.0 Å². The van der Waals surface area contributed by atoms with Crippen molar-refractivity contribution in [2.45, 2.75) is 44.7 Å². The average molecular weight is 290 g/mol. The highest BCUT2D eigenvalue weighted by Crippen LogP contribution is 2.39. The molecule has 2 amide bonds. The Labute approximate surface area is 124 Å². The first-order valence-corrected chi connectivity index (χ1v) is 7.34. The molecule has 0 spiro atoms. The van der Waals surface area contributed by atoms with Crippen LogP contribution in [0.2, 0.25) is 0 Å². The van der Waals surface area contributed by atoms with Crippen LogP contribution in [0, 0.1) is 5.92 Å². The molecule has 2 unspecified atom stereocenters. The first-order chi connectivity index (χ1) is 9.97. The molecule has 5 nitrogen and oxygen atoms in total. The lowest BCUT2D eigenvalue weighted by Crippen LogP contribution is -2.57. The number of hydrogen-bond acceptors (Lipinski definition) is 2. The second-order valence-electron chi connectivity index (χ2n) is 5.75. The molecule has 1 saturated carbocycles. The third kappa shape index (κ3) is 3.54. The highest BCUT2D eigenvalue weighted by Gasteiger charge is 2.48. The minimum Gasteiger partial charge on any atom is -0.480 e. The fourth-order valence-electron chi connectivity index (χ4n) is 2.53. The van der Waals surface area contributed by atoms with E-state index in [0.717, 1.165) is 24.8 Å². The van der Waals surface area contributed by atoms with E-state index in [2.05, 4.69) is 10.6 Å². The smallest absolute Gasteiger partial charge is 0.329 e. The van der Waals surface area contributed by atoms with Gasteiger partial charge in [-0.05, 0) is 37.7 Å². The number of urea groups is 1. The summed E-state index contributed by atoms with van der Waals surface area (Å²) in [6, 6.07) is 9.11. The van der Waals surface area contributed by atoms with Gasteiger partial charge >= 0.3 is 12.0 Å². The van der Waals surface area contributed by atoms with Gasteiger partial charge in [-0.15, -0.1) is 0 Å². The molecule has 0 aliphatic heterocycles. The van der Waals surface area contributed by atoms with E-state index in [1.54, 1.807) is 6.92 Å². The van der Waals surface area contributed by atoms with Gasteiger partial charge in [-0.3, -0.25) is 0 Å². The summed E-state index contributed by atoms with van der Waals surface area (Å²) in [5, 5.41) is 14.9. The second-order valence-corrected chi connectivity index (χ2v) is 5.75. The lowest BCUT2D eigenvalue weighted by Gasteiger charge is -2.28. The predicted octanol–water partition coefficient (Wildman–Crippen LogP) is 2.69. The average Bonchev–Trinajstić information content (AvgIpc) is 3.30. The summed E-state index contributed by atoms with van der Waals surface area (Å²) in [5.41, 5.74) is -0.169. The van der Waals surface area contributed by atoms with Crippen LogP contribution in [0.5, 0.6) is 0 Å². The maximum absolute atomic E-state index is 12.2. The number of carboxylic acids is 1. The minimum atomic E-state index is -1.18. The molecule has 0 heterocycles. The quantitative estimate of drug-likeness (QED) is 0.753. The molecule has 21 heavy (non-hydrogen) atoms. The Kier molecular flexibility index (Phi) is 4.50. The highest BCUT2D eigenvalue weighted by atomic mass is 16.4. The van der Waals surface area contributed by atoms with Crippen LogP contribution in [0.4, 0.5) is 4.79 Å². The fourth-order valence-corrected chi connectivity index (χ4v) is 2.53. The van der Waals surface area contributed by atoms with Crippen molar-refractivity contribution in [2.75, 3.05) is 0 Å². The van der Waals surface area contributed by atoms with Gasteiger partial charge in [-0.25, -0.2) is 9.59 Å². The van der Waals surface area contributed by atoms with Crippen LogP contribution < -0.4 is 10.6 Å². The van der Waals surface area contributed by atoms with Gasteiger partial charge in [0.15, 0.2) is 0 Å². The molecule has 0 bridgehead atoms. The van der Waals surface area contributed by atoms with Gasteiger partial charge in [-0.2, -0.15) is 0 Å². The van der Waals surface area contributed by atoms with Crippen LogP contribution in [0.3, 0.4) is 0 Å². The normalized spacial score (nSPS) is 18.4. The summed E-state index contributed by atoms with van der Waals surface area (Å²) in [7, 11) is 0. The number of hydrogen-bond donors (Lipinski definition) is 3. The van der Waals surface area contributed by atoms with Crippen LogP contribution in [-0.4, -0.2) is 22.6 Å². The third-order valence-electron chi connectivity index (χ3n) is 4.13. The molecular weight excluding hydrogens is 268 g/mol. The van der Waals surface area contributed by atoms with Crippen molar-refractivity contribution in [3.8, 4) is 0 Å². The Bertz CT molecular complexity index is 514. The molecule has 5 heteroatoms. The number of nitrogens with one attached hydrogen (secondary N) is 2. The number of carbonyl (C=O) groups excluding carboxylic acids is 1. The van der Waals surface area contributed by atoms with Crippen LogP contribution in [0.1, 0.15) is 44.7 Å². The van der Waals surface area contributed by atoms with Gasteiger partial charge in [0, 0.05) is 0 Å². The molecule has 0 saturated heterocycles. The molecule has 1 fully saturated rings. The molecule has 0 radical (unpaired) electrons. The Morgan fingerprint density at radius 1 is 1.33 bits per heavy atom. The maximum atomic E-state index is 12.2. The summed E-state index contributed by atoms with van der Waals surface area (Å²) in [4.78, 5) is 23.6. The van der Waals surface area contributed by atoms with Crippen LogP contribution in [0.25, 0.3) is 0 Å². The van der Waals surface area contributed by atoms with E-state index in [9.17, 15) is 14.7 Å². The number of benzene rings is 1. The predicted molar refractivity (Wildman–Crippen MR) is 79.9 cm³/mol. The molecule has 1 aromatic rings. The van der Waals surface area contributed by atoms with Crippen molar-refractivity contribution in [1.29, 1.82) is 0 Å². The van der Waals surface area contributed by atoms with Crippen molar-refractivity contribution in [1.82, 2.24) is 10.6 Å². The molecule has 2 rings (SSSR count). The Balaban J connectivity index is 2.01. The van der Waals surface area contributed by atoms with Crippen LogP contribution >= 0.6 is 0 Å². The summed E-state index contributed by atoms with van der Waals surface area (Å²) in [6.45, 7) is 3.56. The summed E-state index contributed by atoms with van der Waals surface area (Å²) in [5.74, 6) is -0.953. The SMILES string of the molecule is CCC(NC(=O)NC(C)(C(=O)O)C1CC1)c1ccccc1. The van der Waals surface area contributed by atoms with Crippen LogP contribution in [0.15, 0.2) is 30.3 Å². The van der Waals surface area contributed by atoms with Crippen molar-refractivity contribution in [2.24, 2.45) is 5.92 Å². The zero-order valence-electron chi connectivity index (χ0n) is 12.4. The zero-order chi connectivity index (χ0) is 15.5. The minimum absolute atomic E-state index is 0.0255. The molecule has 3 N–H and O–H groups in total. The second kappa shape index (κ2) is 6.16. The molecule has 1 aromatic carbocycles. The van der Waals surface area contributed by atoms with Gasteiger partial charge in [0.05, 0.1) is 6.04 Å². The van der Waals surface area contributed by atoms with E-state index >= 15 is 0 Å². The largest absolute Gasteiger partial charge is 0.480 e. The fraction of sp³-hybridized carbons (Fsp3) is 0.500. The third-order valence-corrected chi connectivity index (χ3v) is 4.13. The highest BCUT2D eigenvalue weighted by molar-refractivity contribution is 5.86. The van der Waals surface area contributed by atoms with E-state index in [0.29, 0.717) is 0 Å². The number of aliphatic carboxylic acids is 1. The summed E-state index contributed by atoms with van der Waals surface area (Å²) < 4.78 is 0. The van der Waals surface area contributed by atoms with Gasteiger partial charge in [0.1, 0.15) is 5.54 Å². The van der Waals surface area contributed by atoms with Gasteiger partial charge in [0.2, 0.25) is 0 Å². The zero-order valence-corrected chi connectivity index (χ0v) is 12.4. The molecule has 1 aliphatic carbocycles. The Morgan fingerprint density at radius 2 is 1.95 bits per heavy atom. The lowest BCUT2D eigenvalue weighted by molar-refractivity contribution is -0.144. The van der Waals surface area contributed by atoms with Crippen LogP contribution in [-0.2, 0) is 4.79 Å². The molecule has 2 atom stereocenters. The first kappa shape index (κ1) is 15.4. The van der Waals surface area contributed by atoms with Gasteiger partial charge < -0.3 is 15.7 Å². The first-order valence-electron chi connectivity index (χ1n) is 7.34. The lowest BCUT2D eigenvalue weighted by atomic mass is 9.96. The molecular formula is C16H22N2O3. The van der Waals surface area contributed by atoms with Crippen molar-refractivity contribution in [3.05, 3.63) is 35.9 Å². The maximum Gasteiger partial charge on any atom is 0.329 e. The number of rotatable bonds is 6.